The van der Waals surface area contributed by atoms with Crippen molar-refractivity contribution in [3.05, 3.63) is 64.7 Å². The van der Waals surface area contributed by atoms with Gasteiger partial charge < -0.3 is 5.32 Å². The van der Waals surface area contributed by atoms with Crippen LogP contribution in [-0.4, -0.2) is 21.2 Å². The second-order valence-corrected chi connectivity index (χ2v) is 7.51. The highest BCUT2D eigenvalue weighted by Crippen LogP contribution is 2.19. The van der Waals surface area contributed by atoms with Crippen molar-refractivity contribution in [2.45, 2.75) is 25.5 Å². The van der Waals surface area contributed by atoms with Gasteiger partial charge in [0.15, 0.2) is 5.16 Å². The van der Waals surface area contributed by atoms with E-state index in [1.165, 1.54) is 36.0 Å². The average molecular weight is 385 g/mol. The van der Waals surface area contributed by atoms with Crippen LogP contribution < -0.4 is 10.9 Å². The molecule has 3 rings (SSSR count). The average Bonchev–Trinajstić information content (AvgIpc) is 2.64. The van der Waals surface area contributed by atoms with Crippen molar-refractivity contribution < 1.29 is 9.18 Å². The number of carbonyl (C=O) groups is 1. The van der Waals surface area contributed by atoms with Gasteiger partial charge in [-0.2, -0.15) is 0 Å². The Kier molecular flexibility index (Phi) is 5.91. The molecular weight excluding hydrogens is 365 g/mol. The molecule has 1 amide bonds. The fourth-order valence-corrected chi connectivity index (χ4v) is 3.45. The third-order valence-electron chi connectivity index (χ3n) is 3.83. The van der Waals surface area contributed by atoms with Crippen molar-refractivity contribution >= 4 is 34.3 Å². The van der Waals surface area contributed by atoms with E-state index in [4.69, 9.17) is 0 Å². The third-order valence-corrected chi connectivity index (χ3v) is 4.81. The highest BCUT2D eigenvalue weighted by atomic mass is 32.2. The van der Waals surface area contributed by atoms with Gasteiger partial charge in [-0.1, -0.05) is 37.7 Å². The molecule has 1 N–H and O–H groups in total. The summed E-state index contributed by atoms with van der Waals surface area (Å²) in [5, 5.41) is 3.79. The Labute approximate surface area is 160 Å². The van der Waals surface area contributed by atoms with Crippen LogP contribution in [0.15, 0.2) is 58.5 Å². The van der Waals surface area contributed by atoms with E-state index in [2.05, 4.69) is 10.3 Å². The number of amides is 1. The van der Waals surface area contributed by atoms with Crippen molar-refractivity contribution in [1.82, 2.24) is 9.55 Å². The second kappa shape index (κ2) is 8.35. The molecule has 1 aromatic heterocycles. The molecule has 0 atom stereocenters. The van der Waals surface area contributed by atoms with Crippen LogP contribution in [0.25, 0.3) is 10.9 Å². The van der Waals surface area contributed by atoms with E-state index in [9.17, 15) is 14.0 Å². The molecule has 0 aliphatic heterocycles. The van der Waals surface area contributed by atoms with Crippen molar-refractivity contribution in [2.75, 3.05) is 11.1 Å². The maximum absolute atomic E-state index is 13.0. The number of para-hydroxylation sites is 1. The van der Waals surface area contributed by atoms with E-state index < -0.39 is 0 Å². The maximum Gasteiger partial charge on any atom is 0.262 e. The number of rotatable bonds is 6. The molecule has 0 bridgehead atoms. The number of carbonyl (C=O) groups excluding carboxylic acids is 1. The second-order valence-electron chi connectivity index (χ2n) is 6.56. The monoisotopic (exact) mass is 385 g/mol. The molecular formula is C20H20FN3O2S. The lowest BCUT2D eigenvalue weighted by atomic mass is 10.2. The summed E-state index contributed by atoms with van der Waals surface area (Å²) in [6.07, 6.45) is 0. The molecule has 0 aliphatic carbocycles. The molecule has 0 fully saturated rings. The standard InChI is InChI=1S/C20H20FN3O2S/c1-13(2)11-24-19(26)16-5-3-4-6-17(16)23-20(24)27-12-18(25)22-15-9-7-14(21)8-10-15/h3-10,13H,11-12H2,1-2H3,(H,22,25). The zero-order chi connectivity index (χ0) is 19.4. The Morgan fingerprint density at radius 1 is 1.19 bits per heavy atom. The normalized spacial score (nSPS) is 11.1. The summed E-state index contributed by atoms with van der Waals surface area (Å²) in [5.74, 6) is -0.246. The summed E-state index contributed by atoms with van der Waals surface area (Å²) in [5.41, 5.74) is 1.03. The molecule has 5 nitrogen and oxygen atoms in total. The zero-order valence-corrected chi connectivity index (χ0v) is 15.9. The van der Waals surface area contributed by atoms with Crippen molar-refractivity contribution in [3.63, 3.8) is 0 Å². The van der Waals surface area contributed by atoms with Crippen LogP contribution in [0.5, 0.6) is 0 Å². The van der Waals surface area contributed by atoms with Crippen LogP contribution in [0, 0.1) is 11.7 Å². The molecule has 140 valence electrons. The number of halogens is 1. The first-order chi connectivity index (χ1) is 12.9. The number of thioether (sulfide) groups is 1. The lowest BCUT2D eigenvalue weighted by Crippen LogP contribution is -2.26. The summed E-state index contributed by atoms with van der Waals surface area (Å²) < 4.78 is 14.6. The Morgan fingerprint density at radius 3 is 2.59 bits per heavy atom. The minimum Gasteiger partial charge on any atom is -0.325 e. The van der Waals surface area contributed by atoms with Gasteiger partial charge in [0, 0.05) is 12.2 Å². The topological polar surface area (TPSA) is 64.0 Å². The van der Waals surface area contributed by atoms with Gasteiger partial charge in [0.25, 0.3) is 5.56 Å². The van der Waals surface area contributed by atoms with Gasteiger partial charge in [-0.3, -0.25) is 14.2 Å². The number of aromatic nitrogens is 2. The highest BCUT2D eigenvalue weighted by Gasteiger charge is 2.14. The van der Waals surface area contributed by atoms with Crippen LogP contribution in [-0.2, 0) is 11.3 Å². The third kappa shape index (κ3) is 4.74. The van der Waals surface area contributed by atoms with Crippen LogP contribution >= 0.6 is 11.8 Å². The van der Waals surface area contributed by atoms with Crippen molar-refractivity contribution in [3.8, 4) is 0 Å². The number of nitrogens with zero attached hydrogens (tertiary/aromatic N) is 2. The largest absolute Gasteiger partial charge is 0.325 e. The first-order valence-electron chi connectivity index (χ1n) is 8.62. The first kappa shape index (κ1) is 19.1. The van der Waals surface area contributed by atoms with Gasteiger partial charge in [-0.25, -0.2) is 9.37 Å². The van der Waals surface area contributed by atoms with Crippen molar-refractivity contribution in [1.29, 1.82) is 0 Å². The lowest BCUT2D eigenvalue weighted by molar-refractivity contribution is -0.113. The number of hydrogen-bond acceptors (Lipinski definition) is 4. The Hall–Kier alpha value is -2.67. The number of benzene rings is 2. The summed E-state index contributed by atoms with van der Waals surface area (Å²) >= 11 is 1.21. The molecule has 1 heterocycles. The Morgan fingerprint density at radius 2 is 1.89 bits per heavy atom. The molecule has 0 saturated carbocycles. The molecule has 0 unspecified atom stereocenters. The van der Waals surface area contributed by atoms with Gasteiger partial charge in [-0.15, -0.1) is 0 Å². The molecule has 0 aliphatic rings. The fraction of sp³-hybridized carbons (Fsp3) is 0.250. The zero-order valence-electron chi connectivity index (χ0n) is 15.1. The van der Waals surface area contributed by atoms with Gasteiger partial charge >= 0.3 is 0 Å². The number of hydrogen-bond donors (Lipinski definition) is 1. The minimum atomic E-state index is -0.361. The van der Waals surface area contributed by atoms with Crippen LogP contribution in [0.1, 0.15) is 13.8 Å². The van der Waals surface area contributed by atoms with E-state index >= 15 is 0 Å². The molecule has 27 heavy (non-hydrogen) atoms. The van der Waals surface area contributed by atoms with E-state index in [1.807, 2.05) is 26.0 Å². The highest BCUT2D eigenvalue weighted by molar-refractivity contribution is 7.99. The summed E-state index contributed by atoms with van der Waals surface area (Å²) in [7, 11) is 0. The number of fused-ring (bicyclic) bond motifs is 1. The summed E-state index contributed by atoms with van der Waals surface area (Å²) in [6.45, 7) is 4.58. The summed E-state index contributed by atoms with van der Waals surface area (Å²) in [4.78, 5) is 29.6. The Balaban J connectivity index is 1.81. The van der Waals surface area contributed by atoms with Crippen molar-refractivity contribution in [2.24, 2.45) is 5.92 Å². The van der Waals surface area contributed by atoms with E-state index in [0.29, 0.717) is 28.3 Å². The molecule has 0 spiro atoms. The van der Waals surface area contributed by atoms with Crippen LogP contribution in [0.4, 0.5) is 10.1 Å². The van der Waals surface area contributed by atoms with Crippen LogP contribution in [0.3, 0.4) is 0 Å². The fourth-order valence-electron chi connectivity index (χ4n) is 2.64. The SMILES string of the molecule is CC(C)Cn1c(SCC(=O)Nc2ccc(F)cc2)nc2ccccc2c1=O. The molecule has 2 aromatic carbocycles. The molecule has 7 heteroatoms. The van der Waals surface area contributed by atoms with Crippen LogP contribution in [0.2, 0.25) is 0 Å². The quantitative estimate of drug-likeness (QED) is 0.516. The van der Waals surface area contributed by atoms with Gasteiger partial charge in [0.05, 0.1) is 16.7 Å². The van der Waals surface area contributed by atoms with Gasteiger partial charge in [0.1, 0.15) is 5.82 Å². The van der Waals surface area contributed by atoms with E-state index in [1.54, 1.807) is 16.7 Å². The van der Waals surface area contributed by atoms with Gasteiger partial charge in [0.2, 0.25) is 5.91 Å². The molecule has 0 radical (unpaired) electrons. The smallest absolute Gasteiger partial charge is 0.262 e. The number of nitrogens with one attached hydrogen (secondary N) is 1. The predicted molar refractivity (Wildman–Crippen MR) is 107 cm³/mol. The maximum atomic E-state index is 13.0. The predicted octanol–water partition coefficient (Wildman–Crippen LogP) is 3.92. The van der Waals surface area contributed by atoms with E-state index in [0.717, 1.165) is 0 Å². The number of anilines is 1. The molecule has 3 aromatic rings. The van der Waals surface area contributed by atoms with Gasteiger partial charge in [-0.05, 0) is 42.3 Å². The molecule has 0 saturated heterocycles. The lowest BCUT2D eigenvalue weighted by Gasteiger charge is -2.14. The Bertz CT molecular complexity index is 1020. The summed E-state index contributed by atoms with van der Waals surface area (Å²) in [6, 6.07) is 12.8. The first-order valence-corrected chi connectivity index (χ1v) is 9.60. The van der Waals surface area contributed by atoms with E-state index in [-0.39, 0.29) is 29.0 Å². The minimum absolute atomic E-state index is 0.0975.